The number of amides is 1. The zero-order chi connectivity index (χ0) is 14.2. The molecule has 1 amide bonds. The molecule has 1 aromatic rings. The van der Waals surface area contributed by atoms with E-state index < -0.39 is 0 Å². The minimum Gasteiger partial charge on any atom is -0.335 e. The van der Waals surface area contributed by atoms with Gasteiger partial charge in [0.25, 0.3) is 5.91 Å². The van der Waals surface area contributed by atoms with Crippen LogP contribution in [-0.2, 0) is 0 Å². The Balaban J connectivity index is 2.24. The maximum atomic E-state index is 12.7. The maximum absolute atomic E-state index is 12.7. The van der Waals surface area contributed by atoms with Crippen molar-refractivity contribution in [2.45, 2.75) is 40.2 Å². The summed E-state index contributed by atoms with van der Waals surface area (Å²) < 4.78 is 1.05. The maximum Gasteiger partial charge on any atom is 0.254 e. The summed E-state index contributed by atoms with van der Waals surface area (Å²) in [5.74, 6) is 1.33. The summed E-state index contributed by atoms with van der Waals surface area (Å²) in [6.07, 6.45) is 1.21. The molecule has 104 valence electrons. The van der Waals surface area contributed by atoms with Gasteiger partial charge in [-0.05, 0) is 55.9 Å². The van der Waals surface area contributed by atoms with Crippen molar-refractivity contribution in [3.63, 3.8) is 0 Å². The number of carbonyl (C=O) groups excluding carboxylic acids is 1. The van der Waals surface area contributed by atoms with Crippen LogP contribution < -0.4 is 0 Å². The third-order valence-electron chi connectivity index (χ3n) is 4.26. The third-order valence-corrected chi connectivity index (χ3v) is 5.15. The summed E-state index contributed by atoms with van der Waals surface area (Å²) in [7, 11) is 0. The number of halogens is 1. The van der Waals surface area contributed by atoms with E-state index in [0.29, 0.717) is 17.9 Å². The first kappa shape index (κ1) is 14.6. The lowest BCUT2D eigenvalue weighted by Gasteiger charge is -2.41. The van der Waals surface area contributed by atoms with Crippen LogP contribution in [0.1, 0.15) is 43.1 Å². The smallest absolute Gasteiger partial charge is 0.254 e. The van der Waals surface area contributed by atoms with Gasteiger partial charge in [0.05, 0.1) is 0 Å². The SMILES string of the molecule is Cc1cc(C(=O)N2CC(C)CC(C)C2C)ccc1Br. The zero-order valence-corrected chi connectivity index (χ0v) is 13.7. The molecule has 19 heavy (non-hydrogen) atoms. The predicted molar refractivity (Wildman–Crippen MR) is 82.3 cm³/mol. The normalized spacial score (nSPS) is 27.4. The van der Waals surface area contributed by atoms with E-state index >= 15 is 0 Å². The highest BCUT2D eigenvalue weighted by molar-refractivity contribution is 9.10. The van der Waals surface area contributed by atoms with Gasteiger partial charge in [-0.2, -0.15) is 0 Å². The van der Waals surface area contributed by atoms with Crippen LogP contribution >= 0.6 is 15.9 Å². The van der Waals surface area contributed by atoms with Crippen molar-refractivity contribution >= 4 is 21.8 Å². The molecule has 1 heterocycles. The summed E-state index contributed by atoms with van der Waals surface area (Å²) in [5, 5.41) is 0. The van der Waals surface area contributed by atoms with E-state index in [1.54, 1.807) is 0 Å². The summed E-state index contributed by atoms with van der Waals surface area (Å²) in [5.41, 5.74) is 1.91. The lowest BCUT2D eigenvalue weighted by molar-refractivity contribution is 0.0455. The van der Waals surface area contributed by atoms with Crippen LogP contribution in [0, 0.1) is 18.8 Å². The average molecular weight is 324 g/mol. The Morgan fingerprint density at radius 2 is 2.00 bits per heavy atom. The van der Waals surface area contributed by atoms with E-state index in [1.807, 2.05) is 30.0 Å². The largest absolute Gasteiger partial charge is 0.335 e. The van der Waals surface area contributed by atoms with Crippen molar-refractivity contribution in [3.8, 4) is 0 Å². The number of piperidine rings is 1. The van der Waals surface area contributed by atoms with Crippen LogP contribution in [0.5, 0.6) is 0 Å². The van der Waals surface area contributed by atoms with Gasteiger partial charge in [-0.1, -0.05) is 29.8 Å². The summed E-state index contributed by atoms with van der Waals surface area (Å²) in [4.78, 5) is 14.7. The average Bonchev–Trinajstić information content (AvgIpc) is 2.36. The van der Waals surface area contributed by atoms with E-state index in [4.69, 9.17) is 0 Å². The van der Waals surface area contributed by atoms with Gasteiger partial charge >= 0.3 is 0 Å². The molecule has 3 heteroatoms. The van der Waals surface area contributed by atoms with Crippen LogP contribution in [-0.4, -0.2) is 23.4 Å². The number of hydrogen-bond acceptors (Lipinski definition) is 1. The molecule has 0 radical (unpaired) electrons. The summed E-state index contributed by atoms with van der Waals surface area (Å²) in [6.45, 7) is 9.54. The predicted octanol–water partition coefficient (Wildman–Crippen LogP) is 4.26. The van der Waals surface area contributed by atoms with Crippen molar-refractivity contribution < 1.29 is 4.79 Å². The van der Waals surface area contributed by atoms with E-state index in [1.165, 1.54) is 6.42 Å². The monoisotopic (exact) mass is 323 g/mol. The van der Waals surface area contributed by atoms with Gasteiger partial charge in [-0.3, -0.25) is 4.79 Å². The highest BCUT2D eigenvalue weighted by atomic mass is 79.9. The molecule has 0 bridgehead atoms. The Kier molecular flexibility index (Phi) is 4.34. The second-order valence-electron chi connectivity index (χ2n) is 5.98. The molecular formula is C16H22BrNO. The molecule has 1 aromatic carbocycles. The zero-order valence-electron chi connectivity index (χ0n) is 12.1. The van der Waals surface area contributed by atoms with Gasteiger partial charge in [0.2, 0.25) is 0 Å². The molecule has 1 aliphatic heterocycles. The number of rotatable bonds is 1. The molecule has 2 rings (SSSR count). The minimum absolute atomic E-state index is 0.168. The molecule has 1 fully saturated rings. The highest BCUT2D eigenvalue weighted by Gasteiger charge is 2.32. The second-order valence-corrected chi connectivity index (χ2v) is 6.83. The molecule has 0 aromatic heterocycles. The number of hydrogen-bond donors (Lipinski definition) is 0. The highest BCUT2D eigenvalue weighted by Crippen LogP contribution is 2.28. The van der Waals surface area contributed by atoms with E-state index in [-0.39, 0.29) is 5.91 Å². The fraction of sp³-hybridized carbons (Fsp3) is 0.562. The first-order valence-corrected chi connectivity index (χ1v) is 7.76. The molecule has 0 saturated carbocycles. The molecule has 1 aliphatic rings. The van der Waals surface area contributed by atoms with Gasteiger partial charge < -0.3 is 4.90 Å². The van der Waals surface area contributed by atoms with Gasteiger partial charge in [-0.25, -0.2) is 0 Å². The summed E-state index contributed by atoms with van der Waals surface area (Å²) >= 11 is 3.48. The number of nitrogens with zero attached hydrogens (tertiary/aromatic N) is 1. The first-order chi connectivity index (χ1) is 8.90. The number of carbonyl (C=O) groups is 1. The van der Waals surface area contributed by atoms with E-state index in [9.17, 15) is 4.79 Å². The lowest BCUT2D eigenvalue weighted by atomic mass is 9.85. The molecule has 1 saturated heterocycles. The molecule has 0 spiro atoms. The van der Waals surface area contributed by atoms with Crippen LogP contribution in [0.4, 0.5) is 0 Å². The standard InChI is InChI=1S/C16H22BrNO/c1-10-7-11(2)13(4)18(9-10)16(19)14-5-6-15(17)12(3)8-14/h5-6,8,10-11,13H,7,9H2,1-4H3. The van der Waals surface area contributed by atoms with Crippen LogP contribution in [0.25, 0.3) is 0 Å². The lowest BCUT2D eigenvalue weighted by Crippen LogP contribution is -2.48. The number of aryl methyl sites for hydroxylation is 1. The van der Waals surface area contributed by atoms with Gasteiger partial charge in [0.1, 0.15) is 0 Å². The Bertz CT molecular complexity index is 486. The first-order valence-electron chi connectivity index (χ1n) is 6.97. The van der Waals surface area contributed by atoms with Gasteiger partial charge in [-0.15, -0.1) is 0 Å². The third kappa shape index (κ3) is 3.02. The van der Waals surface area contributed by atoms with Crippen LogP contribution in [0.3, 0.4) is 0 Å². The van der Waals surface area contributed by atoms with Crippen molar-refractivity contribution in [2.24, 2.45) is 11.8 Å². The fourth-order valence-corrected chi connectivity index (χ4v) is 3.17. The van der Waals surface area contributed by atoms with Crippen LogP contribution in [0.15, 0.2) is 22.7 Å². The van der Waals surface area contributed by atoms with E-state index in [2.05, 4.69) is 36.7 Å². The van der Waals surface area contributed by atoms with Crippen molar-refractivity contribution in [1.29, 1.82) is 0 Å². The second kappa shape index (κ2) is 5.66. The van der Waals surface area contributed by atoms with Gasteiger partial charge in [0, 0.05) is 22.6 Å². The Labute approximate surface area is 124 Å². The molecule has 3 unspecified atom stereocenters. The molecule has 3 atom stereocenters. The van der Waals surface area contributed by atoms with Crippen LogP contribution in [0.2, 0.25) is 0 Å². The molecule has 0 aliphatic carbocycles. The van der Waals surface area contributed by atoms with Crippen molar-refractivity contribution in [2.75, 3.05) is 6.54 Å². The summed E-state index contributed by atoms with van der Waals surface area (Å²) in [6, 6.07) is 6.18. The molecule has 0 N–H and O–H groups in total. The van der Waals surface area contributed by atoms with Crippen molar-refractivity contribution in [1.82, 2.24) is 4.90 Å². The Hall–Kier alpha value is -0.830. The fourth-order valence-electron chi connectivity index (χ4n) is 2.93. The minimum atomic E-state index is 0.168. The Morgan fingerprint density at radius 3 is 2.63 bits per heavy atom. The topological polar surface area (TPSA) is 20.3 Å². The molecular weight excluding hydrogens is 302 g/mol. The Morgan fingerprint density at radius 1 is 1.32 bits per heavy atom. The quantitative estimate of drug-likeness (QED) is 0.756. The number of benzene rings is 1. The van der Waals surface area contributed by atoms with Crippen molar-refractivity contribution in [3.05, 3.63) is 33.8 Å². The molecule has 2 nitrogen and oxygen atoms in total. The van der Waals surface area contributed by atoms with E-state index in [0.717, 1.165) is 22.1 Å². The number of likely N-dealkylation sites (tertiary alicyclic amines) is 1. The van der Waals surface area contributed by atoms with Gasteiger partial charge in [0.15, 0.2) is 0 Å².